The highest BCUT2D eigenvalue weighted by molar-refractivity contribution is 5.72. The van der Waals surface area contributed by atoms with Gasteiger partial charge in [-0.1, -0.05) is 6.92 Å². The second-order valence-corrected chi connectivity index (χ2v) is 3.11. The monoisotopic (exact) mass is 187 g/mol. The van der Waals surface area contributed by atoms with Crippen LogP contribution in [-0.4, -0.2) is 43.5 Å². The second-order valence-electron chi connectivity index (χ2n) is 3.11. The fraction of sp³-hybridized carbons (Fsp3) is 0.889. The van der Waals surface area contributed by atoms with E-state index in [0.29, 0.717) is 6.54 Å². The molecule has 0 radical (unpaired) electrons. The van der Waals surface area contributed by atoms with E-state index in [0.717, 1.165) is 32.6 Å². The van der Waals surface area contributed by atoms with E-state index in [9.17, 15) is 4.79 Å². The molecule has 0 saturated carbocycles. The molecule has 0 aromatic rings. The minimum absolute atomic E-state index is 0.0317. The van der Waals surface area contributed by atoms with E-state index < -0.39 is 0 Å². The van der Waals surface area contributed by atoms with Crippen molar-refractivity contribution in [1.82, 2.24) is 10.2 Å². The first kappa shape index (κ1) is 12.4. The molecule has 78 valence electrons. The Morgan fingerprint density at radius 1 is 1.38 bits per heavy atom. The summed E-state index contributed by atoms with van der Waals surface area (Å²) in [5.41, 5.74) is 5.46. The minimum Gasteiger partial charge on any atom is -0.355 e. The topological polar surface area (TPSA) is 58.4 Å². The summed E-state index contributed by atoms with van der Waals surface area (Å²) in [6.07, 6.45) is 1.13. The second kappa shape index (κ2) is 8.01. The molecule has 0 bridgehead atoms. The molecule has 0 aromatic heterocycles. The van der Waals surface area contributed by atoms with Gasteiger partial charge in [0.2, 0.25) is 5.91 Å². The zero-order valence-corrected chi connectivity index (χ0v) is 8.68. The Morgan fingerprint density at radius 3 is 2.54 bits per heavy atom. The highest BCUT2D eigenvalue weighted by atomic mass is 16.1. The third-order valence-electron chi connectivity index (χ3n) is 1.79. The molecule has 1 amide bonds. The first-order valence-corrected chi connectivity index (χ1v) is 4.87. The van der Waals surface area contributed by atoms with E-state index >= 15 is 0 Å². The Morgan fingerprint density at radius 2 is 2.08 bits per heavy atom. The van der Waals surface area contributed by atoms with Gasteiger partial charge in [0, 0.05) is 33.1 Å². The number of hydrogen-bond donors (Lipinski definition) is 2. The average Bonchev–Trinajstić information content (AvgIpc) is 2.04. The van der Waals surface area contributed by atoms with E-state index in [-0.39, 0.29) is 5.91 Å². The van der Waals surface area contributed by atoms with Gasteiger partial charge in [-0.25, -0.2) is 0 Å². The largest absolute Gasteiger partial charge is 0.355 e. The summed E-state index contributed by atoms with van der Waals surface area (Å²) < 4.78 is 0. The molecule has 0 aliphatic carbocycles. The molecular weight excluding hydrogens is 166 g/mol. The Hall–Kier alpha value is -0.610. The van der Waals surface area contributed by atoms with Crippen LogP contribution in [0.4, 0.5) is 0 Å². The van der Waals surface area contributed by atoms with Gasteiger partial charge >= 0.3 is 0 Å². The molecule has 13 heavy (non-hydrogen) atoms. The van der Waals surface area contributed by atoms with Crippen LogP contribution in [0.25, 0.3) is 0 Å². The molecule has 0 aliphatic rings. The molecule has 0 unspecified atom stereocenters. The van der Waals surface area contributed by atoms with Crippen LogP contribution in [0.5, 0.6) is 0 Å². The zero-order chi connectivity index (χ0) is 10.1. The maximum absolute atomic E-state index is 10.6. The lowest BCUT2D eigenvalue weighted by atomic mass is 10.4. The Bertz CT molecular complexity index is 133. The van der Waals surface area contributed by atoms with Gasteiger partial charge in [-0.05, 0) is 13.0 Å². The lowest BCUT2D eigenvalue weighted by molar-refractivity contribution is -0.119. The first-order valence-electron chi connectivity index (χ1n) is 4.87. The number of nitrogens with zero attached hydrogens (tertiary/aromatic N) is 1. The number of rotatable bonds is 7. The van der Waals surface area contributed by atoms with Crippen LogP contribution in [0.3, 0.4) is 0 Å². The van der Waals surface area contributed by atoms with Gasteiger partial charge in [-0.15, -0.1) is 0 Å². The molecule has 4 nitrogen and oxygen atoms in total. The Labute approximate surface area is 80.5 Å². The maximum atomic E-state index is 10.6. The summed E-state index contributed by atoms with van der Waals surface area (Å²) in [6, 6.07) is 0. The average molecular weight is 187 g/mol. The van der Waals surface area contributed by atoms with Crippen molar-refractivity contribution >= 4 is 5.91 Å². The number of carbonyl (C=O) groups excluding carboxylic acids is 1. The number of nitrogens with two attached hydrogens (primary N) is 1. The maximum Gasteiger partial charge on any atom is 0.216 e. The van der Waals surface area contributed by atoms with Crippen molar-refractivity contribution in [2.45, 2.75) is 20.3 Å². The van der Waals surface area contributed by atoms with E-state index in [2.05, 4.69) is 17.1 Å². The minimum atomic E-state index is 0.0317. The van der Waals surface area contributed by atoms with E-state index in [4.69, 9.17) is 5.73 Å². The summed E-state index contributed by atoms with van der Waals surface area (Å²) in [6.45, 7) is 7.93. The van der Waals surface area contributed by atoms with Gasteiger partial charge in [-0.3, -0.25) is 4.79 Å². The van der Waals surface area contributed by atoms with Crippen LogP contribution in [0.2, 0.25) is 0 Å². The first-order chi connectivity index (χ1) is 6.20. The van der Waals surface area contributed by atoms with Gasteiger partial charge in [0.25, 0.3) is 0 Å². The number of hydrogen-bond acceptors (Lipinski definition) is 3. The summed E-state index contributed by atoms with van der Waals surface area (Å²) in [4.78, 5) is 12.8. The predicted molar refractivity (Wildman–Crippen MR) is 54.5 cm³/mol. The summed E-state index contributed by atoms with van der Waals surface area (Å²) in [7, 11) is 0. The van der Waals surface area contributed by atoms with Crippen LogP contribution in [0.15, 0.2) is 0 Å². The van der Waals surface area contributed by atoms with Gasteiger partial charge in [-0.2, -0.15) is 0 Å². The molecule has 0 aromatic carbocycles. The fourth-order valence-electron chi connectivity index (χ4n) is 1.22. The van der Waals surface area contributed by atoms with Crippen molar-refractivity contribution in [2.75, 3.05) is 32.7 Å². The fourth-order valence-corrected chi connectivity index (χ4v) is 1.22. The molecule has 0 rings (SSSR count). The van der Waals surface area contributed by atoms with E-state index in [1.807, 2.05) is 0 Å². The summed E-state index contributed by atoms with van der Waals surface area (Å²) >= 11 is 0. The standard InChI is InChI=1S/C9H21N3O/c1-3-6-12(7-4-10)8-5-11-9(2)13/h3-8,10H2,1-2H3,(H,11,13). The third kappa shape index (κ3) is 7.74. The SMILES string of the molecule is CCCN(CCN)CCNC(C)=O. The van der Waals surface area contributed by atoms with E-state index in [1.54, 1.807) is 0 Å². The van der Waals surface area contributed by atoms with Gasteiger partial charge in [0.1, 0.15) is 0 Å². The molecule has 0 atom stereocenters. The number of carbonyl (C=O) groups is 1. The lowest BCUT2D eigenvalue weighted by Gasteiger charge is -2.20. The zero-order valence-electron chi connectivity index (χ0n) is 8.68. The molecule has 4 heteroatoms. The van der Waals surface area contributed by atoms with Gasteiger partial charge < -0.3 is 16.0 Å². The van der Waals surface area contributed by atoms with Crippen molar-refractivity contribution in [1.29, 1.82) is 0 Å². The quantitative estimate of drug-likeness (QED) is 0.580. The van der Waals surface area contributed by atoms with Crippen molar-refractivity contribution < 1.29 is 4.79 Å². The predicted octanol–water partition coefficient (Wildman–Crippen LogP) is -0.207. The molecular formula is C9H21N3O. The van der Waals surface area contributed by atoms with Crippen LogP contribution in [0, 0.1) is 0 Å². The Kier molecular flexibility index (Phi) is 7.63. The smallest absolute Gasteiger partial charge is 0.216 e. The molecule has 0 fully saturated rings. The number of nitrogens with one attached hydrogen (secondary N) is 1. The van der Waals surface area contributed by atoms with Gasteiger partial charge in [0.15, 0.2) is 0 Å². The Balaban J connectivity index is 3.49. The molecule has 0 saturated heterocycles. The van der Waals surface area contributed by atoms with Crippen LogP contribution in [-0.2, 0) is 4.79 Å². The van der Waals surface area contributed by atoms with Crippen molar-refractivity contribution in [3.8, 4) is 0 Å². The summed E-state index contributed by atoms with van der Waals surface area (Å²) in [5.74, 6) is 0.0317. The van der Waals surface area contributed by atoms with Crippen LogP contribution in [0.1, 0.15) is 20.3 Å². The third-order valence-corrected chi connectivity index (χ3v) is 1.79. The lowest BCUT2D eigenvalue weighted by Crippen LogP contribution is -2.37. The van der Waals surface area contributed by atoms with E-state index in [1.165, 1.54) is 6.92 Å². The van der Waals surface area contributed by atoms with Crippen molar-refractivity contribution in [3.05, 3.63) is 0 Å². The van der Waals surface area contributed by atoms with Crippen molar-refractivity contribution in [2.24, 2.45) is 5.73 Å². The summed E-state index contributed by atoms with van der Waals surface area (Å²) in [5, 5.41) is 2.77. The number of amides is 1. The highest BCUT2D eigenvalue weighted by Crippen LogP contribution is 1.88. The van der Waals surface area contributed by atoms with Crippen LogP contribution >= 0.6 is 0 Å². The normalized spacial score (nSPS) is 10.5. The molecule has 3 N–H and O–H groups in total. The molecule has 0 aliphatic heterocycles. The van der Waals surface area contributed by atoms with Crippen molar-refractivity contribution in [3.63, 3.8) is 0 Å². The molecule has 0 heterocycles. The highest BCUT2D eigenvalue weighted by Gasteiger charge is 2.01. The van der Waals surface area contributed by atoms with Gasteiger partial charge in [0.05, 0.1) is 0 Å². The molecule has 0 spiro atoms. The van der Waals surface area contributed by atoms with Crippen LogP contribution < -0.4 is 11.1 Å².